The molecule has 130 valence electrons. The van der Waals surface area contributed by atoms with Crippen molar-refractivity contribution in [2.75, 3.05) is 14.2 Å². The summed E-state index contributed by atoms with van der Waals surface area (Å²) in [7, 11) is 3.46. The van der Waals surface area contributed by atoms with E-state index in [0.717, 1.165) is 24.8 Å². The molecule has 0 aliphatic rings. The van der Waals surface area contributed by atoms with Gasteiger partial charge in [-0.2, -0.15) is 0 Å². The summed E-state index contributed by atoms with van der Waals surface area (Å²) in [5, 5.41) is 6.68. The van der Waals surface area contributed by atoms with Crippen LogP contribution in [0.25, 0.3) is 0 Å². The fourth-order valence-electron chi connectivity index (χ4n) is 2.37. The maximum atomic E-state index is 5.17. The lowest BCUT2D eigenvalue weighted by Crippen LogP contribution is -2.36. The lowest BCUT2D eigenvalue weighted by Gasteiger charge is -2.13. The van der Waals surface area contributed by atoms with E-state index >= 15 is 0 Å². The second kappa shape index (κ2) is 10.2. The fourth-order valence-corrected chi connectivity index (χ4v) is 2.37. The normalized spacial score (nSPS) is 10.8. The number of rotatable bonds is 5. The largest absolute Gasteiger partial charge is 0.497 e. The van der Waals surface area contributed by atoms with E-state index in [1.54, 1.807) is 14.2 Å². The molecule has 2 rings (SSSR count). The highest BCUT2D eigenvalue weighted by Gasteiger charge is 2.02. The zero-order valence-corrected chi connectivity index (χ0v) is 17.0. The van der Waals surface area contributed by atoms with Crippen LogP contribution in [0.1, 0.15) is 22.3 Å². The van der Waals surface area contributed by atoms with Crippen LogP contribution >= 0.6 is 24.0 Å². The number of aryl methyl sites for hydroxylation is 2. The molecule has 2 aromatic carbocycles. The second-order valence-electron chi connectivity index (χ2n) is 5.56. The molecule has 0 saturated heterocycles. The average molecular weight is 439 g/mol. The van der Waals surface area contributed by atoms with Gasteiger partial charge in [0.25, 0.3) is 0 Å². The first-order valence-corrected chi connectivity index (χ1v) is 7.76. The van der Waals surface area contributed by atoms with Crippen molar-refractivity contribution in [3.63, 3.8) is 0 Å². The van der Waals surface area contributed by atoms with Crippen molar-refractivity contribution in [1.29, 1.82) is 0 Å². The van der Waals surface area contributed by atoms with E-state index in [1.165, 1.54) is 22.3 Å². The molecule has 0 amide bonds. The van der Waals surface area contributed by atoms with Crippen molar-refractivity contribution in [3.05, 3.63) is 64.7 Å². The predicted octanol–water partition coefficient (Wildman–Crippen LogP) is 3.80. The average Bonchev–Trinajstić information content (AvgIpc) is 2.57. The van der Waals surface area contributed by atoms with E-state index < -0.39 is 0 Å². The number of nitrogens with zero attached hydrogens (tertiary/aromatic N) is 1. The summed E-state index contributed by atoms with van der Waals surface area (Å²) in [6.45, 7) is 5.72. The number of benzene rings is 2. The van der Waals surface area contributed by atoms with Crippen LogP contribution in [0.15, 0.2) is 47.5 Å². The topological polar surface area (TPSA) is 45.7 Å². The minimum absolute atomic E-state index is 0. The molecule has 0 aliphatic carbocycles. The summed E-state index contributed by atoms with van der Waals surface area (Å²) in [5.41, 5.74) is 5.04. The van der Waals surface area contributed by atoms with Crippen molar-refractivity contribution in [2.24, 2.45) is 4.99 Å². The summed E-state index contributed by atoms with van der Waals surface area (Å²) in [4.78, 5) is 4.27. The number of methoxy groups -OCH3 is 1. The Morgan fingerprint density at radius 2 is 1.67 bits per heavy atom. The molecule has 0 atom stereocenters. The molecule has 0 bridgehead atoms. The molecular formula is C19H26IN3O. The van der Waals surface area contributed by atoms with Gasteiger partial charge >= 0.3 is 0 Å². The highest BCUT2D eigenvalue weighted by molar-refractivity contribution is 14.0. The lowest BCUT2D eigenvalue weighted by molar-refractivity contribution is 0.414. The number of ether oxygens (including phenoxy) is 1. The summed E-state index contributed by atoms with van der Waals surface area (Å²) >= 11 is 0. The first kappa shape index (κ1) is 20.3. The highest BCUT2D eigenvalue weighted by atomic mass is 127. The van der Waals surface area contributed by atoms with E-state index in [4.69, 9.17) is 4.74 Å². The zero-order valence-electron chi connectivity index (χ0n) is 14.7. The van der Waals surface area contributed by atoms with E-state index in [-0.39, 0.29) is 24.0 Å². The molecule has 4 nitrogen and oxygen atoms in total. The van der Waals surface area contributed by atoms with Crippen LogP contribution in [0.5, 0.6) is 5.75 Å². The summed E-state index contributed by atoms with van der Waals surface area (Å²) in [6, 6.07) is 14.5. The number of aliphatic imine (C=N–C) groups is 1. The Morgan fingerprint density at radius 3 is 2.25 bits per heavy atom. The van der Waals surface area contributed by atoms with Gasteiger partial charge in [-0.3, -0.25) is 4.99 Å². The molecule has 24 heavy (non-hydrogen) atoms. The van der Waals surface area contributed by atoms with Crippen LogP contribution in [0.4, 0.5) is 0 Å². The maximum Gasteiger partial charge on any atom is 0.191 e. The molecule has 2 aromatic rings. The van der Waals surface area contributed by atoms with Crippen LogP contribution in [0.2, 0.25) is 0 Å². The first-order chi connectivity index (χ1) is 11.1. The number of nitrogens with one attached hydrogen (secondary N) is 2. The van der Waals surface area contributed by atoms with Gasteiger partial charge in [0.15, 0.2) is 5.96 Å². The van der Waals surface area contributed by atoms with Crippen LogP contribution in [-0.4, -0.2) is 20.1 Å². The molecule has 5 heteroatoms. The van der Waals surface area contributed by atoms with Gasteiger partial charge in [-0.05, 0) is 42.7 Å². The standard InChI is InChI=1S/C19H25N3O.HI/c1-14-5-8-17(15(2)11-14)13-22-19(20-3)21-12-16-6-9-18(23-4)10-7-16;/h5-11H,12-13H2,1-4H3,(H2,20,21,22);1H. The SMILES string of the molecule is CN=C(NCc1ccc(OC)cc1)NCc1ccc(C)cc1C.I. The Hall–Kier alpha value is -1.76. The smallest absolute Gasteiger partial charge is 0.191 e. The third-order valence-corrected chi connectivity index (χ3v) is 3.79. The molecule has 0 spiro atoms. The van der Waals surface area contributed by atoms with Crippen molar-refractivity contribution in [1.82, 2.24) is 10.6 Å². The Labute approximate surface area is 161 Å². The number of halogens is 1. The van der Waals surface area contributed by atoms with Crippen LogP contribution in [0.3, 0.4) is 0 Å². The summed E-state index contributed by atoms with van der Waals surface area (Å²) in [5.74, 6) is 1.66. The second-order valence-corrected chi connectivity index (χ2v) is 5.56. The van der Waals surface area contributed by atoms with Gasteiger partial charge in [0, 0.05) is 20.1 Å². The van der Waals surface area contributed by atoms with Gasteiger partial charge in [-0.25, -0.2) is 0 Å². The van der Waals surface area contributed by atoms with Gasteiger partial charge in [0.2, 0.25) is 0 Å². The molecule has 0 radical (unpaired) electrons. The van der Waals surface area contributed by atoms with E-state index in [9.17, 15) is 0 Å². The molecule has 0 aliphatic heterocycles. The summed E-state index contributed by atoms with van der Waals surface area (Å²) in [6.07, 6.45) is 0. The van der Waals surface area contributed by atoms with Crippen molar-refractivity contribution in [2.45, 2.75) is 26.9 Å². The maximum absolute atomic E-state index is 5.17. The third-order valence-electron chi connectivity index (χ3n) is 3.79. The van der Waals surface area contributed by atoms with Crippen LogP contribution in [-0.2, 0) is 13.1 Å². The van der Waals surface area contributed by atoms with Gasteiger partial charge in [0.1, 0.15) is 5.75 Å². The zero-order chi connectivity index (χ0) is 16.7. The quantitative estimate of drug-likeness (QED) is 0.424. The molecule has 2 N–H and O–H groups in total. The Kier molecular flexibility index (Phi) is 8.60. The van der Waals surface area contributed by atoms with Crippen LogP contribution < -0.4 is 15.4 Å². The molecule has 0 aromatic heterocycles. The Bertz CT molecular complexity index is 669. The van der Waals surface area contributed by atoms with E-state index in [1.807, 2.05) is 24.3 Å². The third kappa shape index (κ3) is 6.03. The molecular weight excluding hydrogens is 413 g/mol. The van der Waals surface area contributed by atoms with Crippen molar-refractivity contribution < 1.29 is 4.74 Å². The molecule has 0 unspecified atom stereocenters. The van der Waals surface area contributed by atoms with Crippen molar-refractivity contribution >= 4 is 29.9 Å². The van der Waals surface area contributed by atoms with E-state index in [0.29, 0.717) is 0 Å². The number of hydrogen-bond acceptors (Lipinski definition) is 2. The fraction of sp³-hybridized carbons (Fsp3) is 0.316. The van der Waals surface area contributed by atoms with E-state index in [2.05, 4.69) is 47.7 Å². The Balaban J connectivity index is 0.00000288. The molecule has 0 saturated carbocycles. The highest BCUT2D eigenvalue weighted by Crippen LogP contribution is 2.11. The van der Waals surface area contributed by atoms with Gasteiger partial charge < -0.3 is 15.4 Å². The predicted molar refractivity (Wildman–Crippen MR) is 111 cm³/mol. The first-order valence-electron chi connectivity index (χ1n) is 7.76. The lowest BCUT2D eigenvalue weighted by atomic mass is 10.1. The van der Waals surface area contributed by atoms with Gasteiger partial charge in [0.05, 0.1) is 7.11 Å². The summed E-state index contributed by atoms with van der Waals surface area (Å²) < 4.78 is 5.17. The Morgan fingerprint density at radius 1 is 1.00 bits per heavy atom. The number of hydrogen-bond donors (Lipinski definition) is 2. The number of guanidine groups is 1. The minimum atomic E-state index is 0. The van der Waals surface area contributed by atoms with Gasteiger partial charge in [-0.1, -0.05) is 35.9 Å². The molecule has 0 fully saturated rings. The molecule has 0 heterocycles. The van der Waals surface area contributed by atoms with Crippen LogP contribution in [0, 0.1) is 13.8 Å². The minimum Gasteiger partial charge on any atom is -0.497 e. The van der Waals surface area contributed by atoms with Crippen molar-refractivity contribution in [3.8, 4) is 5.75 Å². The monoisotopic (exact) mass is 439 g/mol. The van der Waals surface area contributed by atoms with Gasteiger partial charge in [-0.15, -0.1) is 24.0 Å².